The second-order valence-electron chi connectivity index (χ2n) is 3.33. The van der Waals surface area contributed by atoms with E-state index in [1.165, 1.54) is 0 Å². The quantitative estimate of drug-likeness (QED) is 0.913. The standard InChI is InChI=1S/C10H13ClN4S/c1-3-15-10(7(11)4-14-15)9(12-2)8-5-16-6-13-8/h4-6,9,12H,3H2,1-2H3. The Morgan fingerprint density at radius 3 is 3.00 bits per heavy atom. The second-order valence-corrected chi connectivity index (χ2v) is 4.45. The van der Waals surface area contributed by atoms with Gasteiger partial charge in [0.15, 0.2) is 0 Å². The lowest BCUT2D eigenvalue weighted by molar-refractivity contribution is 0.557. The molecule has 0 aromatic carbocycles. The molecule has 0 saturated heterocycles. The molecule has 16 heavy (non-hydrogen) atoms. The Morgan fingerprint density at radius 1 is 1.62 bits per heavy atom. The van der Waals surface area contributed by atoms with Crippen LogP contribution in [0.5, 0.6) is 0 Å². The van der Waals surface area contributed by atoms with Gasteiger partial charge in [-0.05, 0) is 14.0 Å². The molecule has 2 aromatic rings. The third-order valence-corrected chi connectivity index (χ3v) is 3.34. The van der Waals surface area contributed by atoms with Crippen LogP contribution in [0, 0.1) is 0 Å². The molecule has 2 heterocycles. The van der Waals surface area contributed by atoms with E-state index in [1.54, 1.807) is 17.5 Å². The van der Waals surface area contributed by atoms with Gasteiger partial charge in [0.2, 0.25) is 0 Å². The van der Waals surface area contributed by atoms with E-state index in [0.717, 1.165) is 17.9 Å². The molecular formula is C10H13ClN4S. The molecule has 6 heteroatoms. The fourth-order valence-electron chi connectivity index (χ4n) is 1.70. The van der Waals surface area contributed by atoms with Gasteiger partial charge in [-0.2, -0.15) is 5.10 Å². The van der Waals surface area contributed by atoms with Crippen LogP contribution < -0.4 is 5.32 Å². The summed E-state index contributed by atoms with van der Waals surface area (Å²) in [6.45, 7) is 2.84. The van der Waals surface area contributed by atoms with Gasteiger partial charge in [-0.3, -0.25) is 4.68 Å². The summed E-state index contributed by atoms with van der Waals surface area (Å²) in [5.41, 5.74) is 3.77. The van der Waals surface area contributed by atoms with Crippen LogP contribution in [0.4, 0.5) is 0 Å². The van der Waals surface area contributed by atoms with Crippen molar-refractivity contribution >= 4 is 22.9 Å². The minimum Gasteiger partial charge on any atom is -0.307 e. The molecule has 1 N–H and O–H groups in total. The molecular weight excluding hydrogens is 244 g/mol. The summed E-state index contributed by atoms with van der Waals surface area (Å²) in [6, 6.07) is 0.00111. The van der Waals surface area contributed by atoms with Gasteiger partial charge in [0.1, 0.15) is 0 Å². The highest BCUT2D eigenvalue weighted by Crippen LogP contribution is 2.27. The Kier molecular flexibility index (Phi) is 3.58. The van der Waals surface area contributed by atoms with E-state index >= 15 is 0 Å². The van der Waals surface area contributed by atoms with Crippen LogP contribution in [0.1, 0.15) is 24.4 Å². The highest BCUT2D eigenvalue weighted by molar-refractivity contribution is 7.07. The number of rotatable bonds is 4. The van der Waals surface area contributed by atoms with Crippen molar-refractivity contribution in [1.82, 2.24) is 20.1 Å². The maximum Gasteiger partial charge on any atom is 0.0943 e. The molecule has 1 unspecified atom stereocenters. The van der Waals surface area contributed by atoms with Crippen LogP contribution in [0.25, 0.3) is 0 Å². The highest BCUT2D eigenvalue weighted by atomic mass is 35.5. The van der Waals surface area contributed by atoms with Crippen molar-refractivity contribution in [1.29, 1.82) is 0 Å². The van der Waals surface area contributed by atoms with Crippen LogP contribution in [0.3, 0.4) is 0 Å². The lowest BCUT2D eigenvalue weighted by atomic mass is 10.1. The highest BCUT2D eigenvalue weighted by Gasteiger charge is 2.21. The van der Waals surface area contributed by atoms with E-state index in [4.69, 9.17) is 11.6 Å². The number of nitrogens with zero attached hydrogens (tertiary/aromatic N) is 3. The fourth-order valence-corrected chi connectivity index (χ4v) is 2.53. The molecule has 2 rings (SSSR count). The van der Waals surface area contributed by atoms with E-state index in [-0.39, 0.29) is 6.04 Å². The first kappa shape index (κ1) is 11.6. The molecule has 0 fully saturated rings. The van der Waals surface area contributed by atoms with Crippen LogP contribution in [-0.4, -0.2) is 21.8 Å². The number of aryl methyl sites for hydroxylation is 1. The summed E-state index contributed by atoms with van der Waals surface area (Å²) < 4.78 is 1.89. The lowest BCUT2D eigenvalue weighted by Crippen LogP contribution is -2.22. The first-order valence-electron chi connectivity index (χ1n) is 5.04. The zero-order valence-electron chi connectivity index (χ0n) is 9.14. The van der Waals surface area contributed by atoms with Gasteiger partial charge >= 0.3 is 0 Å². The number of aromatic nitrogens is 3. The van der Waals surface area contributed by atoms with E-state index in [0.29, 0.717) is 5.02 Å². The predicted molar refractivity (Wildman–Crippen MR) is 65.9 cm³/mol. The molecule has 0 radical (unpaired) electrons. The molecule has 0 amide bonds. The van der Waals surface area contributed by atoms with Gasteiger partial charge in [-0.25, -0.2) is 4.98 Å². The summed E-state index contributed by atoms with van der Waals surface area (Å²) >= 11 is 7.74. The zero-order chi connectivity index (χ0) is 11.5. The zero-order valence-corrected chi connectivity index (χ0v) is 10.7. The number of halogens is 1. The van der Waals surface area contributed by atoms with E-state index in [2.05, 4.69) is 15.4 Å². The van der Waals surface area contributed by atoms with Crippen molar-refractivity contribution in [2.45, 2.75) is 19.5 Å². The van der Waals surface area contributed by atoms with Crippen LogP contribution in [0.2, 0.25) is 5.02 Å². The fraction of sp³-hybridized carbons (Fsp3) is 0.400. The number of hydrogen-bond acceptors (Lipinski definition) is 4. The number of hydrogen-bond donors (Lipinski definition) is 1. The van der Waals surface area contributed by atoms with E-state index in [9.17, 15) is 0 Å². The Hall–Kier alpha value is -0.910. The SMILES string of the molecule is CCn1ncc(Cl)c1C(NC)c1cscn1. The van der Waals surface area contributed by atoms with Crippen LogP contribution in [0.15, 0.2) is 17.1 Å². The van der Waals surface area contributed by atoms with Crippen molar-refractivity contribution < 1.29 is 0 Å². The Bertz CT molecular complexity index is 451. The average Bonchev–Trinajstić information content (AvgIpc) is 2.91. The third kappa shape index (κ3) is 1.98. The Labute approximate surface area is 103 Å². The molecule has 86 valence electrons. The first-order chi connectivity index (χ1) is 7.77. The number of nitrogens with one attached hydrogen (secondary N) is 1. The summed E-state index contributed by atoms with van der Waals surface area (Å²) in [7, 11) is 1.90. The van der Waals surface area contributed by atoms with Gasteiger partial charge in [-0.15, -0.1) is 11.3 Å². The molecule has 0 bridgehead atoms. The smallest absolute Gasteiger partial charge is 0.0943 e. The molecule has 0 aliphatic rings. The van der Waals surface area contributed by atoms with Crippen LogP contribution in [-0.2, 0) is 6.54 Å². The topological polar surface area (TPSA) is 42.7 Å². The molecule has 0 aliphatic carbocycles. The lowest BCUT2D eigenvalue weighted by Gasteiger charge is -2.16. The monoisotopic (exact) mass is 256 g/mol. The normalized spacial score (nSPS) is 12.9. The van der Waals surface area contributed by atoms with Crippen molar-refractivity contribution in [2.75, 3.05) is 7.05 Å². The Balaban J connectivity index is 2.44. The van der Waals surface area contributed by atoms with Gasteiger partial charge in [0, 0.05) is 11.9 Å². The van der Waals surface area contributed by atoms with Crippen molar-refractivity contribution in [3.8, 4) is 0 Å². The van der Waals surface area contributed by atoms with Gasteiger partial charge < -0.3 is 5.32 Å². The predicted octanol–water partition coefficient (Wildman–Crippen LogP) is 2.32. The summed E-state index contributed by atoms with van der Waals surface area (Å²) in [6.07, 6.45) is 1.68. The molecule has 4 nitrogen and oxygen atoms in total. The van der Waals surface area contributed by atoms with Gasteiger partial charge in [0.05, 0.1) is 34.2 Å². The van der Waals surface area contributed by atoms with E-state index < -0.39 is 0 Å². The molecule has 2 aromatic heterocycles. The minimum absolute atomic E-state index is 0.00111. The molecule has 0 spiro atoms. The summed E-state index contributed by atoms with van der Waals surface area (Å²) in [4.78, 5) is 4.32. The first-order valence-corrected chi connectivity index (χ1v) is 6.36. The summed E-state index contributed by atoms with van der Waals surface area (Å²) in [5.74, 6) is 0. The van der Waals surface area contributed by atoms with E-state index in [1.807, 2.05) is 29.5 Å². The van der Waals surface area contributed by atoms with Gasteiger partial charge in [-0.1, -0.05) is 11.6 Å². The second kappa shape index (κ2) is 4.95. The number of thiazole rings is 1. The molecule has 1 atom stereocenters. The van der Waals surface area contributed by atoms with Crippen LogP contribution >= 0.6 is 22.9 Å². The van der Waals surface area contributed by atoms with Crippen molar-refractivity contribution in [3.63, 3.8) is 0 Å². The largest absolute Gasteiger partial charge is 0.307 e. The minimum atomic E-state index is 0.00111. The summed E-state index contributed by atoms with van der Waals surface area (Å²) in [5, 5.41) is 10.1. The maximum absolute atomic E-state index is 6.17. The Morgan fingerprint density at radius 2 is 2.44 bits per heavy atom. The third-order valence-electron chi connectivity index (χ3n) is 2.44. The molecule has 0 saturated carbocycles. The maximum atomic E-state index is 6.17. The van der Waals surface area contributed by atoms with Gasteiger partial charge in [0.25, 0.3) is 0 Å². The van der Waals surface area contributed by atoms with Crippen molar-refractivity contribution in [3.05, 3.63) is 33.5 Å². The average molecular weight is 257 g/mol. The molecule has 0 aliphatic heterocycles. The van der Waals surface area contributed by atoms with Crippen molar-refractivity contribution in [2.24, 2.45) is 0 Å².